The van der Waals surface area contributed by atoms with Crippen LogP contribution in [-0.2, 0) is 0 Å². The number of nitrogens with one attached hydrogen (secondary N) is 2. The lowest BCUT2D eigenvalue weighted by molar-refractivity contribution is 0.102. The van der Waals surface area contributed by atoms with Crippen LogP contribution in [0.3, 0.4) is 0 Å². The third-order valence-corrected chi connectivity index (χ3v) is 5.01. The number of anilines is 1. The number of carbonyl (C=O) groups excluding carboxylic acids is 1. The second kappa shape index (κ2) is 6.60. The summed E-state index contributed by atoms with van der Waals surface area (Å²) in [5.41, 5.74) is 6.60. The first-order valence-electron chi connectivity index (χ1n) is 9.39. The van der Waals surface area contributed by atoms with Gasteiger partial charge < -0.3 is 5.32 Å². The van der Waals surface area contributed by atoms with Gasteiger partial charge in [0.25, 0.3) is 5.91 Å². The summed E-state index contributed by atoms with van der Waals surface area (Å²) in [4.78, 5) is 18.1. The Hall–Kier alpha value is -3.93. The quantitative estimate of drug-likeness (QED) is 0.474. The number of hydrogen-bond donors (Lipinski definition) is 2. The minimum absolute atomic E-state index is 0.211. The highest BCUT2D eigenvalue weighted by Gasteiger charge is 2.21. The molecular weight excluding hydrogens is 362 g/mol. The van der Waals surface area contributed by atoms with Gasteiger partial charge in [-0.1, -0.05) is 35.9 Å². The fourth-order valence-electron chi connectivity index (χ4n) is 3.49. The van der Waals surface area contributed by atoms with E-state index in [1.165, 1.54) is 0 Å². The van der Waals surface area contributed by atoms with E-state index in [1.54, 1.807) is 6.20 Å². The Morgan fingerprint density at radius 2 is 1.79 bits per heavy atom. The fraction of sp³-hybridized carbons (Fsp3) is 0.0870. The van der Waals surface area contributed by atoms with Crippen molar-refractivity contribution in [1.29, 1.82) is 0 Å². The molecule has 0 radical (unpaired) electrons. The number of carbonyl (C=O) groups is 1. The highest BCUT2D eigenvalue weighted by atomic mass is 16.2. The summed E-state index contributed by atoms with van der Waals surface area (Å²) < 4.78 is 1.86. The summed E-state index contributed by atoms with van der Waals surface area (Å²) in [7, 11) is 0. The van der Waals surface area contributed by atoms with Crippen molar-refractivity contribution < 1.29 is 4.79 Å². The number of aryl methyl sites for hydroxylation is 2. The third kappa shape index (κ3) is 3.04. The first-order valence-corrected chi connectivity index (χ1v) is 9.39. The van der Waals surface area contributed by atoms with Crippen LogP contribution in [0.15, 0.2) is 67.0 Å². The number of amides is 1. The fourth-order valence-corrected chi connectivity index (χ4v) is 3.49. The number of imidazole rings is 1. The average Bonchev–Trinajstić information content (AvgIpc) is 3.32. The highest BCUT2D eigenvalue weighted by molar-refractivity contribution is 6.08. The van der Waals surface area contributed by atoms with Crippen molar-refractivity contribution in [3.8, 4) is 11.3 Å². The van der Waals surface area contributed by atoms with E-state index in [4.69, 9.17) is 4.98 Å². The van der Waals surface area contributed by atoms with Gasteiger partial charge in [0.05, 0.1) is 11.7 Å². The Labute approximate surface area is 167 Å². The smallest absolute Gasteiger partial charge is 0.274 e. The number of fused-ring (bicyclic) bond motifs is 2. The minimum atomic E-state index is -0.211. The molecule has 0 spiro atoms. The highest BCUT2D eigenvalue weighted by Crippen LogP contribution is 2.27. The van der Waals surface area contributed by atoms with E-state index in [0.29, 0.717) is 17.1 Å². The van der Waals surface area contributed by atoms with Gasteiger partial charge in [-0.2, -0.15) is 5.10 Å². The second-order valence-corrected chi connectivity index (χ2v) is 7.24. The van der Waals surface area contributed by atoms with Gasteiger partial charge in [0.15, 0.2) is 0 Å². The maximum Gasteiger partial charge on any atom is 0.274 e. The summed E-state index contributed by atoms with van der Waals surface area (Å²) in [5, 5.41) is 11.0. The Kier molecular flexibility index (Phi) is 3.91. The lowest BCUT2D eigenvalue weighted by Gasteiger charge is -2.08. The monoisotopic (exact) mass is 381 g/mol. The van der Waals surface area contributed by atoms with Crippen molar-refractivity contribution >= 4 is 28.1 Å². The first kappa shape index (κ1) is 17.2. The zero-order valence-corrected chi connectivity index (χ0v) is 16.1. The van der Waals surface area contributed by atoms with Gasteiger partial charge in [0, 0.05) is 22.8 Å². The third-order valence-electron chi connectivity index (χ3n) is 5.01. The lowest BCUT2D eigenvalue weighted by atomic mass is 10.1. The van der Waals surface area contributed by atoms with Gasteiger partial charge in [0.2, 0.25) is 0 Å². The summed E-state index contributed by atoms with van der Waals surface area (Å²) in [6.45, 7) is 4.04. The Morgan fingerprint density at radius 1 is 1.00 bits per heavy atom. The molecule has 0 bridgehead atoms. The average molecular weight is 381 g/mol. The SMILES string of the molecule is Cc1ccc(-c2nc3ccc(C)cn3c2C(=O)Nc2ccc3cn[nH]c3c2)cc1. The molecule has 142 valence electrons. The van der Waals surface area contributed by atoms with Crippen LogP contribution in [0.25, 0.3) is 27.8 Å². The number of benzene rings is 2. The standard InChI is InChI=1S/C23H19N5O/c1-14-3-6-16(7-4-14)21-22(28-13-15(2)5-10-20(28)26-21)23(29)25-18-9-8-17-12-24-27-19(17)11-18/h3-13H,1-2H3,(H,24,27)(H,25,29). The zero-order valence-electron chi connectivity index (χ0n) is 16.1. The molecule has 3 heterocycles. The molecule has 0 unspecified atom stereocenters. The largest absolute Gasteiger partial charge is 0.321 e. The van der Waals surface area contributed by atoms with E-state index in [2.05, 4.69) is 15.5 Å². The predicted octanol–water partition coefficient (Wildman–Crippen LogP) is 4.75. The van der Waals surface area contributed by atoms with Gasteiger partial charge in [-0.05, 0) is 43.7 Å². The van der Waals surface area contributed by atoms with E-state index < -0.39 is 0 Å². The van der Waals surface area contributed by atoms with Gasteiger partial charge in [-0.25, -0.2) is 4.98 Å². The molecule has 5 aromatic rings. The molecule has 5 rings (SSSR count). The molecular formula is C23H19N5O. The lowest BCUT2D eigenvalue weighted by Crippen LogP contribution is -2.15. The van der Waals surface area contributed by atoms with Gasteiger partial charge in [0.1, 0.15) is 17.0 Å². The van der Waals surface area contributed by atoms with Crippen LogP contribution in [0.5, 0.6) is 0 Å². The molecule has 2 N–H and O–H groups in total. The maximum absolute atomic E-state index is 13.3. The molecule has 6 heteroatoms. The molecule has 0 atom stereocenters. The predicted molar refractivity (Wildman–Crippen MR) is 114 cm³/mol. The van der Waals surface area contributed by atoms with Crippen molar-refractivity contribution in [2.75, 3.05) is 5.32 Å². The Bertz CT molecular complexity index is 1360. The van der Waals surface area contributed by atoms with E-state index in [9.17, 15) is 4.79 Å². The van der Waals surface area contributed by atoms with Crippen molar-refractivity contribution in [2.24, 2.45) is 0 Å². The van der Waals surface area contributed by atoms with Crippen LogP contribution < -0.4 is 5.32 Å². The van der Waals surface area contributed by atoms with Gasteiger partial charge in [-0.15, -0.1) is 0 Å². The van der Waals surface area contributed by atoms with Crippen LogP contribution in [-0.4, -0.2) is 25.5 Å². The minimum Gasteiger partial charge on any atom is -0.321 e. The van der Waals surface area contributed by atoms with Crippen LogP contribution >= 0.6 is 0 Å². The molecule has 0 aliphatic rings. The molecule has 2 aromatic carbocycles. The van der Waals surface area contributed by atoms with E-state index in [1.807, 2.05) is 79.0 Å². The van der Waals surface area contributed by atoms with Crippen molar-refractivity contribution in [1.82, 2.24) is 19.6 Å². The van der Waals surface area contributed by atoms with Gasteiger partial charge in [-0.3, -0.25) is 14.3 Å². The molecule has 6 nitrogen and oxygen atoms in total. The summed E-state index contributed by atoms with van der Waals surface area (Å²) in [5.74, 6) is -0.211. The maximum atomic E-state index is 13.3. The zero-order chi connectivity index (χ0) is 20.0. The molecule has 0 saturated heterocycles. The van der Waals surface area contributed by atoms with Crippen molar-refractivity contribution in [2.45, 2.75) is 13.8 Å². The number of pyridine rings is 1. The van der Waals surface area contributed by atoms with E-state index in [0.717, 1.165) is 33.2 Å². The number of hydrogen-bond acceptors (Lipinski definition) is 3. The normalized spacial score (nSPS) is 11.2. The molecule has 0 aliphatic carbocycles. The van der Waals surface area contributed by atoms with Crippen LogP contribution in [0.4, 0.5) is 5.69 Å². The Morgan fingerprint density at radius 3 is 2.62 bits per heavy atom. The Balaban J connectivity index is 1.63. The molecule has 0 fully saturated rings. The van der Waals surface area contributed by atoms with E-state index >= 15 is 0 Å². The number of nitrogens with zero attached hydrogens (tertiary/aromatic N) is 3. The molecule has 0 saturated carbocycles. The van der Waals surface area contributed by atoms with Crippen molar-refractivity contribution in [3.63, 3.8) is 0 Å². The molecule has 3 aromatic heterocycles. The van der Waals surface area contributed by atoms with E-state index in [-0.39, 0.29) is 5.91 Å². The van der Waals surface area contributed by atoms with Crippen LogP contribution in [0.2, 0.25) is 0 Å². The van der Waals surface area contributed by atoms with Gasteiger partial charge >= 0.3 is 0 Å². The summed E-state index contributed by atoms with van der Waals surface area (Å²) in [6.07, 6.45) is 3.69. The molecule has 1 amide bonds. The summed E-state index contributed by atoms with van der Waals surface area (Å²) >= 11 is 0. The van der Waals surface area contributed by atoms with Crippen LogP contribution in [0, 0.1) is 13.8 Å². The first-order chi connectivity index (χ1) is 14.1. The number of aromatic amines is 1. The number of H-pyrrole nitrogens is 1. The molecule has 29 heavy (non-hydrogen) atoms. The number of rotatable bonds is 3. The number of aromatic nitrogens is 4. The van der Waals surface area contributed by atoms with Crippen molar-refractivity contribution in [3.05, 3.63) is 83.8 Å². The van der Waals surface area contributed by atoms with Crippen LogP contribution in [0.1, 0.15) is 21.6 Å². The second-order valence-electron chi connectivity index (χ2n) is 7.24. The summed E-state index contributed by atoms with van der Waals surface area (Å²) in [6, 6.07) is 17.6. The molecule has 0 aliphatic heterocycles. The topological polar surface area (TPSA) is 75.1 Å².